The van der Waals surface area contributed by atoms with Crippen LogP contribution in [0.3, 0.4) is 0 Å². The van der Waals surface area contributed by atoms with Crippen LogP contribution < -0.4 is 10.2 Å². The predicted octanol–water partition coefficient (Wildman–Crippen LogP) is 5.39. The summed E-state index contributed by atoms with van der Waals surface area (Å²) in [5, 5.41) is 3.84. The average molecular weight is 625 g/mol. The first kappa shape index (κ1) is 34.0. The van der Waals surface area contributed by atoms with Crippen molar-refractivity contribution in [3.05, 3.63) is 53.3 Å². The van der Waals surface area contributed by atoms with Gasteiger partial charge in [-0.25, -0.2) is 9.97 Å². The molecule has 2 aliphatic heterocycles. The highest BCUT2D eigenvalue weighted by molar-refractivity contribution is 6.31. The van der Waals surface area contributed by atoms with E-state index in [2.05, 4.69) is 25.1 Å². The molecule has 1 unspecified atom stereocenters. The number of aromatic nitrogens is 2. The van der Waals surface area contributed by atoms with Gasteiger partial charge < -0.3 is 10.2 Å². The third kappa shape index (κ3) is 9.81. The molecule has 10 heteroatoms. The van der Waals surface area contributed by atoms with E-state index in [1.54, 1.807) is 36.7 Å². The molecule has 0 radical (unpaired) electrons. The van der Waals surface area contributed by atoms with Gasteiger partial charge in [0.2, 0.25) is 17.8 Å². The van der Waals surface area contributed by atoms with Crippen LogP contribution >= 0.6 is 11.6 Å². The van der Waals surface area contributed by atoms with Crippen LogP contribution in [0, 0.1) is 5.41 Å². The van der Waals surface area contributed by atoms with Gasteiger partial charge in [-0.05, 0) is 83.5 Å². The van der Waals surface area contributed by atoms with Gasteiger partial charge in [-0.2, -0.15) is 0 Å². The maximum absolute atomic E-state index is 12.5. The Hall–Kier alpha value is -2.88. The molecular formula is C34H49ClN6O3. The van der Waals surface area contributed by atoms with Crippen LogP contribution in [-0.2, 0) is 9.59 Å². The molecule has 1 atom stereocenters. The van der Waals surface area contributed by atoms with Crippen molar-refractivity contribution in [1.29, 1.82) is 0 Å². The van der Waals surface area contributed by atoms with Gasteiger partial charge in [-0.3, -0.25) is 24.2 Å². The fourth-order valence-electron chi connectivity index (χ4n) is 6.60. The third-order valence-electron chi connectivity index (χ3n) is 8.78. The monoisotopic (exact) mass is 624 g/mol. The summed E-state index contributed by atoms with van der Waals surface area (Å²) in [5.74, 6) is 1.01. The number of likely N-dealkylation sites (tertiary alicyclic amines) is 1. The minimum Gasteiger partial charge on any atom is -0.338 e. The molecule has 5 rings (SSSR count). The normalized spacial score (nSPS) is 19.6. The topological polar surface area (TPSA) is 98.7 Å². The number of hydrogen-bond acceptors (Lipinski definition) is 8. The first-order chi connectivity index (χ1) is 20.9. The number of rotatable bonds is 9. The average Bonchev–Trinajstić information content (AvgIpc) is 3.43. The minimum atomic E-state index is -0.210. The first-order valence-electron chi connectivity index (χ1n) is 16.1. The molecule has 3 aliphatic rings. The molecule has 44 heavy (non-hydrogen) atoms. The summed E-state index contributed by atoms with van der Waals surface area (Å²) in [6.07, 6.45) is 11.1. The molecule has 1 aromatic carbocycles. The molecule has 240 valence electrons. The number of amides is 2. The van der Waals surface area contributed by atoms with Crippen molar-refractivity contribution < 1.29 is 14.4 Å². The Morgan fingerprint density at radius 1 is 0.955 bits per heavy atom. The van der Waals surface area contributed by atoms with Crippen molar-refractivity contribution in [3.8, 4) is 0 Å². The van der Waals surface area contributed by atoms with Crippen LogP contribution in [0.4, 0.5) is 5.95 Å². The second-order valence-electron chi connectivity index (χ2n) is 13.6. The van der Waals surface area contributed by atoms with Crippen LogP contribution in [0.25, 0.3) is 0 Å². The number of piperidine rings is 1. The Kier molecular flexibility index (Phi) is 11.9. The van der Waals surface area contributed by atoms with Crippen LogP contribution in [0.1, 0.15) is 89.4 Å². The number of unbranched alkanes of at least 4 members (excludes halogenated alkanes) is 1. The van der Waals surface area contributed by atoms with Crippen molar-refractivity contribution in [2.75, 3.05) is 44.2 Å². The van der Waals surface area contributed by atoms with Gasteiger partial charge in [0.05, 0.1) is 6.04 Å². The standard InChI is InChI=1S/C21H31N5O2.C13H18ClNO/c27-18-16-21(6-1-2-7-21)17-19(28)26(18)11-4-3-10-24-12-14-25(15-13-24)20-22-8-5-9-23-20;1-9(15-13(2,3)4)12(16)10-6-5-7-11(14)8-10/h5,8-9H,1-4,6-7,10-17H2;5-9,15H,1-4H3. The number of anilines is 1. The number of carbonyl (C=O) groups excluding carboxylic acids is 3. The number of Topliss-reactive ketones (excluding diaryl/α,β-unsaturated/α-hetero) is 1. The number of hydrogen-bond donors (Lipinski definition) is 1. The summed E-state index contributed by atoms with van der Waals surface area (Å²) in [6, 6.07) is 8.67. The van der Waals surface area contributed by atoms with Gasteiger partial charge in [-0.15, -0.1) is 0 Å². The fourth-order valence-corrected chi connectivity index (χ4v) is 6.79. The smallest absolute Gasteiger partial charge is 0.229 e. The van der Waals surface area contributed by atoms with Gasteiger partial charge in [0.15, 0.2) is 5.78 Å². The lowest BCUT2D eigenvalue weighted by atomic mass is 9.76. The molecule has 2 aromatic rings. The number of nitrogens with one attached hydrogen (secondary N) is 1. The summed E-state index contributed by atoms with van der Waals surface area (Å²) in [7, 11) is 0. The number of halogens is 1. The van der Waals surface area contributed by atoms with E-state index in [-0.39, 0.29) is 34.6 Å². The van der Waals surface area contributed by atoms with Gasteiger partial charge >= 0.3 is 0 Å². The molecule has 2 saturated heterocycles. The number of piperazine rings is 1. The van der Waals surface area contributed by atoms with Crippen LogP contribution in [0.5, 0.6) is 0 Å². The van der Waals surface area contributed by atoms with E-state index in [9.17, 15) is 14.4 Å². The number of benzene rings is 1. The van der Waals surface area contributed by atoms with Gasteiger partial charge in [-0.1, -0.05) is 36.6 Å². The van der Waals surface area contributed by atoms with Crippen LogP contribution in [-0.4, -0.2) is 88.2 Å². The first-order valence-corrected chi connectivity index (χ1v) is 16.5. The lowest BCUT2D eigenvalue weighted by molar-refractivity contribution is -0.153. The number of ketones is 1. The Labute approximate surface area is 267 Å². The van der Waals surface area contributed by atoms with Gasteiger partial charge in [0, 0.05) is 74.1 Å². The summed E-state index contributed by atoms with van der Waals surface area (Å²) in [6.45, 7) is 13.5. The van der Waals surface area contributed by atoms with E-state index in [0.717, 1.165) is 64.4 Å². The third-order valence-corrected chi connectivity index (χ3v) is 9.02. The fraction of sp³-hybridized carbons (Fsp3) is 0.618. The quantitative estimate of drug-likeness (QED) is 0.225. The molecular weight excluding hydrogens is 576 g/mol. The Balaban J connectivity index is 0.000000236. The zero-order valence-corrected chi connectivity index (χ0v) is 27.6. The summed E-state index contributed by atoms with van der Waals surface area (Å²) in [4.78, 5) is 51.9. The zero-order valence-electron chi connectivity index (χ0n) is 26.9. The maximum atomic E-state index is 12.5. The number of nitrogens with zero attached hydrogens (tertiary/aromatic N) is 5. The molecule has 1 aliphatic carbocycles. The molecule has 0 bridgehead atoms. The SMILES string of the molecule is CC(NC(C)(C)C)C(=O)c1cccc(Cl)c1.O=C1CC2(CCCC2)CC(=O)N1CCCCN1CCN(c2ncccn2)CC1. The lowest BCUT2D eigenvalue weighted by Crippen LogP contribution is -2.48. The summed E-state index contributed by atoms with van der Waals surface area (Å²) >= 11 is 5.85. The Morgan fingerprint density at radius 3 is 2.16 bits per heavy atom. The predicted molar refractivity (Wildman–Crippen MR) is 175 cm³/mol. The summed E-state index contributed by atoms with van der Waals surface area (Å²) < 4.78 is 0. The van der Waals surface area contributed by atoms with Crippen molar-refractivity contribution in [2.24, 2.45) is 5.41 Å². The van der Waals surface area contributed by atoms with Crippen molar-refractivity contribution in [2.45, 2.75) is 90.6 Å². The zero-order chi connectivity index (χ0) is 31.7. The van der Waals surface area contributed by atoms with E-state index in [0.29, 0.717) is 30.0 Å². The molecule has 1 N–H and O–H groups in total. The second kappa shape index (κ2) is 15.4. The number of carbonyl (C=O) groups is 3. The van der Waals surface area contributed by atoms with E-state index >= 15 is 0 Å². The largest absolute Gasteiger partial charge is 0.338 e. The molecule has 1 spiro atoms. The highest BCUT2D eigenvalue weighted by Crippen LogP contribution is 2.46. The molecule has 1 saturated carbocycles. The van der Waals surface area contributed by atoms with E-state index in [1.807, 2.05) is 33.8 Å². The Morgan fingerprint density at radius 2 is 1.57 bits per heavy atom. The van der Waals surface area contributed by atoms with Crippen LogP contribution in [0.2, 0.25) is 5.02 Å². The highest BCUT2D eigenvalue weighted by atomic mass is 35.5. The van der Waals surface area contributed by atoms with Gasteiger partial charge in [0.25, 0.3) is 0 Å². The highest BCUT2D eigenvalue weighted by Gasteiger charge is 2.44. The Bertz CT molecular complexity index is 1230. The maximum Gasteiger partial charge on any atom is 0.229 e. The molecule has 9 nitrogen and oxygen atoms in total. The van der Waals surface area contributed by atoms with E-state index in [4.69, 9.17) is 11.6 Å². The summed E-state index contributed by atoms with van der Waals surface area (Å²) in [5.41, 5.74) is 0.581. The van der Waals surface area contributed by atoms with Crippen molar-refractivity contribution in [1.82, 2.24) is 25.1 Å². The van der Waals surface area contributed by atoms with E-state index in [1.165, 1.54) is 17.7 Å². The van der Waals surface area contributed by atoms with Crippen molar-refractivity contribution in [3.63, 3.8) is 0 Å². The molecule has 3 fully saturated rings. The van der Waals surface area contributed by atoms with Crippen molar-refractivity contribution >= 4 is 35.1 Å². The molecule has 1 aromatic heterocycles. The van der Waals surface area contributed by atoms with Crippen LogP contribution in [0.15, 0.2) is 42.7 Å². The second-order valence-corrected chi connectivity index (χ2v) is 14.0. The van der Waals surface area contributed by atoms with E-state index < -0.39 is 0 Å². The lowest BCUT2D eigenvalue weighted by Gasteiger charge is -2.37. The van der Waals surface area contributed by atoms with Gasteiger partial charge in [0.1, 0.15) is 0 Å². The minimum absolute atomic E-state index is 0.00676. The number of imide groups is 1. The molecule has 2 amide bonds. The molecule has 3 heterocycles.